The number of pyridine rings is 1. The maximum atomic E-state index is 11.2. The number of aromatic nitrogens is 2. The molecule has 96 valence electrons. The van der Waals surface area contributed by atoms with Crippen LogP contribution in [0.1, 0.15) is 42.6 Å². The number of hydrogen-bond donors (Lipinski definition) is 2. The molecule has 5 heteroatoms. The molecule has 2 aromatic heterocycles. The van der Waals surface area contributed by atoms with Crippen LogP contribution >= 0.6 is 0 Å². The van der Waals surface area contributed by atoms with E-state index in [9.17, 15) is 4.79 Å². The number of imidazole rings is 1. The summed E-state index contributed by atoms with van der Waals surface area (Å²) in [7, 11) is 0. The molecule has 0 aliphatic heterocycles. The molecule has 0 saturated carbocycles. The van der Waals surface area contributed by atoms with Gasteiger partial charge in [0.25, 0.3) is 0 Å². The Kier molecular flexibility index (Phi) is 3.34. The van der Waals surface area contributed by atoms with Gasteiger partial charge < -0.3 is 15.2 Å². The van der Waals surface area contributed by atoms with Crippen LogP contribution in [-0.4, -0.2) is 20.5 Å². The Labute approximate surface area is 105 Å². The number of fused-ring (bicyclic) bond motifs is 1. The van der Waals surface area contributed by atoms with Gasteiger partial charge in [-0.05, 0) is 24.5 Å². The molecule has 2 heterocycles. The van der Waals surface area contributed by atoms with Crippen molar-refractivity contribution in [2.45, 2.75) is 26.3 Å². The molecule has 0 saturated heterocycles. The van der Waals surface area contributed by atoms with Gasteiger partial charge in [0.05, 0.1) is 11.6 Å². The number of hydrogen-bond acceptors (Lipinski definition) is 3. The summed E-state index contributed by atoms with van der Waals surface area (Å²) in [5.74, 6) is 0.0164. The van der Waals surface area contributed by atoms with Gasteiger partial charge in [-0.3, -0.25) is 0 Å². The second-order valence-corrected chi connectivity index (χ2v) is 4.82. The highest BCUT2D eigenvalue weighted by Crippen LogP contribution is 2.21. The number of rotatable bonds is 4. The van der Waals surface area contributed by atoms with Gasteiger partial charge in [0.1, 0.15) is 5.82 Å². The fraction of sp³-hybridized carbons (Fsp3) is 0.385. The van der Waals surface area contributed by atoms with Crippen LogP contribution in [0.4, 0.5) is 0 Å². The summed E-state index contributed by atoms with van der Waals surface area (Å²) < 4.78 is 1.76. The average Bonchev–Trinajstić information content (AvgIpc) is 2.67. The van der Waals surface area contributed by atoms with Crippen LogP contribution < -0.4 is 5.73 Å². The Bertz CT molecular complexity index is 575. The zero-order valence-corrected chi connectivity index (χ0v) is 10.5. The van der Waals surface area contributed by atoms with E-state index >= 15 is 0 Å². The van der Waals surface area contributed by atoms with Crippen LogP contribution in [0.3, 0.4) is 0 Å². The van der Waals surface area contributed by atoms with E-state index in [-0.39, 0.29) is 11.7 Å². The summed E-state index contributed by atoms with van der Waals surface area (Å²) in [6, 6.07) is 5.11. The van der Waals surface area contributed by atoms with Crippen molar-refractivity contribution in [1.82, 2.24) is 9.38 Å². The molecule has 3 N–H and O–H groups in total. The van der Waals surface area contributed by atoms with E-state index in [0.29, 0.717) is 17.3 Å². The lowest BCUT2D eigenvalue weighted by molar-refractivity contribution is 0.0693. The predicted octanol–water partition coefficient (Wildman–Crippen LogP) is 2.08. The maximum Gasteiger partial charge on any atom is 0.356 e. The van der Waals surface area contributed by atoms with Gasteiger partial charge in [0.2, 0.25) is 0 Å². The van der Waals surface area contributed by atoms with E-state index in [1.165, 1.54) is 0 Å². The van der Waals surface area contributed by atoms with Gasteiger partial charge >= 0.3 is 5.97 Å². The number of aromatic carboxylic acids is 1. The molecular weight excluding hydrogens is 230 g/mol. The van der Waals surface area contributed by atoms with Gasteiger partial charge in [0.15, 0.2) is 5.69 Å². The Morgan fingerprint density at radius 3 is 2.83 bits per heavy atom. The van der Waals surface area contributed by atoms with Crippen LogP contribution in [0.15, 0.2) is 24.4 Å². The van der Waals surface area contributed by atoms with Gasteiger partial charge in [-0.2, -0.15) is 0 Å². The Morgan fingerprint density at radius 1 is 1.50 bits per heavy atom. The Hall–Kier alpha value is -1.88. The highest BCUT2D eigenvalue weighted by atomic mass is 16.4. The number of nitrogens with two attached hydrogens (primary N) is 1. The molecule has 5 nitrogen and oxygen atoms in total. The van der Waals surface area contributed by atoms with Crippen molar-refractivity contribution < 1.29 is 9.90 Å². The van der Waals surface area contributed by atoms with Crippen LogP contribution in [-0.2, 0) is 0 Å². The second kappa shape index (κ2) is 4.78. The highest BCUT2D eigenvalue weighted by molar-refractivity contribution is 5.93. The maximum absolute atomic E-state index is 11.2. The summed E-state index contributed by atoms with van der Waals surface area (Å²) in [5.41, 5.74) is 6.74. The lowest BCUT2D eigenvalue weighted by Gasteiger charge is -2.12. The van der Waals surface area contributed by atoms with E-state index in [1.54, 1.807) is 22.7 Å². The number of carboxylic acids is 1. The third-order valence-corrected chi connectivity index (χ3v) is 2.84. The number of nitrogens with zero attached hydrogens (tertiary/aromatic N) is 2. The molecule has 0 radical (unpaired) electrons. The molecule has 0 aliphatic carbocycles. The normalized spacial score (nSPS) is 13.1. The largest absolute Gasteiger partial charge is 0.476 e. The minimum absolute atomic E-state index is 0.0600. The minimum atomic E-state index is -1.03. The second-order valence-electron chi connectivity index (χ2n) is 4.82. The molecule has 1 atom stereocenters. The first-order valence-corrected chi connectivity index (χ1v) is 5.96. The summed E-state index contributed by atoms with van der Waals surface area (Å²) in [4.78, 5) is 15.3. The van der Waals surface area contributed by atoms with Crippen molar-refractivity contribution in [2.24, 2.45) is 11.7 Å². The molecule has 0 bridgehead atoms. The molecule has 1 unspecified atom stereocenters. The van der Waals surface area contributed by atoms with Crippen molar-refractivity contribution in [3.05, 3.63) is 35.9 Å². The number of carboxylic acid groups (broad SMARTS) is 1. The van der Waals surface area contributed by atoms with E-state index < -0.39 is 5.97 Å². The van der Waals surface area contributed by atoms with Gasteiger partial charge in [0, 0.05) is 6.20 Å². The van der Waals surface area contributed by atoms with E-state index in [2.05, 4.69) is 18.8 Å². The molecule has 0 aliphatic rings. The van der Waals surface area contributed by atoms with Crippen molar-refractivity contribution in [1.29, 1.82) is 0 Å². The standard InChI is InChI=1S/C13H17N3O2/c1-8(2)7-9(14)12-15-11(13(17)18)10-5-3-4-6-16(10)12/h3-6,8-9H,7,14H2,1-2H3,(H,17,18). The average molecular weight is 247 g/mol. The molecular formula is C13H17N3O2. The predicted molar refractivity (Wildman–Crippen MR) is 68.5 cm³/mol. The first kappa shape index (κ1) is 12.6. The third-order valence-electron chi connectivity index (χ3n) is 2.84. The zero-order valence-electron chi connectivity index (χ0n) is 10.5. The first-order chi connectivity index (χ1) is 8.50. The van der Waals surface area contributed by atoms with Crippen molar-refractivity contribution in [2.75, 3.05) is 0 Å². The van der Waals surface area contributed by atoms with Gasteiger partial charge in [-0.15, -0.1) is 0 Å². The first-order valence-electron chi connectivity index (χ1n) is 5.96. The molecule has 0 aromatic carbocycles. The molecule has 2 aromatic rings. The van der Waals surface area contributed by atoms with E-state index in [1.807, 2.05) is 6.07 Å². The van der Waals surface area contributed by atoms with Crippen molar-refractivity contribution in [3.8, 4) is 0 Å². The van der Waals surface area contributed by atoms with E-state index in [4.69, 9.17) is 10.8 Å². The lowest BCUT2D eigenvalue weighted by atomic mass is 10.0. The Morgan fingerprint density at radius 2 is 2.22 bits per heavy atom. The summed E-state index contributed by atoms with van der Waals surface area (Å²) in [6.07, 6.45) is 2.57. The van der Waals surface area contributed by atoms with Crippen LogP contribution in [0, 0.1) is 5.92 Å². The SMILES string of the molecule is CC(C)CC(N)c1nc(C(=O)O)c2ccccn12. The van der Waals surface area contributed by atoms with Crippen LogP contribution in [0.5, 0.6) is 0 Å². The quantitative estimate of drug-likeness (QED) is 0.866. The summed E-state index contributed by atoms with van der Waals surface area (Å²) in [5, 5.41) is 9.14. The lowest BCUT2D eigenvalue weighted by Crippen LogP contribution is -2.16. The summed E-state index contributed by atoms with van der Waals surface area (Å²) in [6.45, 7) is 4.15. The zero-order chi connectivity index (χ0) is 13.3. The molecule has 0 amide bonds. The van der Waals surface area contributed by atoms with Crippen molar-refractivity contribution >= 4 is 11.5 Å². The minimum Gasteiger partial charge on any atom is -0.476 e. The highest BCUT2D eigenvalue weighted by Gasteiger charge is 2.20. The smallest absolute Gasteiger partial charge is 0.356 e. The van der Waals surface area contributed by atoms with Crippen LogP contribution in [0.25, 0.3) is 5.52 Å². The summed E-state index contributed by atoms with van der Waals surface area (Å²) >= 11 is 0. The van der Waals surface area contributed by atoms with Gasteiger partial charge in [-0.1, -0.05) is 19.9 Å². The topological polar surface area (TPSA) is 80.6 Å². The fourth-order valence-corrected chi connectivity index (χ4v) is 2.09. The Balaban J connectivity index is 2.54. The van der Waals surface area contributed by atoms with E-state index in [0.717, 1.165) is 6.42 Å². The van der Waals surface area contributed by atoms with Gasteiger partial charge in [-0.25, -0.2) is 9.78 Å². The third kappa shape index (κ3) is 2.22. The number of carbonyl (C=O) groups is 1. The van der Waals surface area contributed by atoms with Crippen LogP contribution in [0.2, 0.25) is 0 Å². The fourth-order valence-electron chi connectivity index (χ4n) is 2.09. The molecule has 0 spiro atoms. The monoisotopic (exact) mass is 247 g/mol. The molecule has 0 fully saturated rings. The molecule has 2 rings (SSSR count). The van der Waals surface area contributed by atoms with Crippen molar-refractivity contribution in [3.63, 3.8) is 0 Å². The molecule has 18 heavy (non-hydrogen) atoms.